The molecule has 4 heteroatoms. The SMILES string of the molecule is CC.COC(=O)c1cc(O)c(C)c(O)c1. The van der Waals surface area contributed by atoms with E-state index in [9.17, 15) is 15.0 Å². The van der Waals surface area contributed by atoms with Gasteiger partial charge < -0.3 is 14.9 Å². The van der Waals surface area contributed by atoms with Crippen LogP contribution >= 0.6 is 0 Å². The summed E-state index contributed by atoms with van der Waals surface area (Å²) in [6.45, 7) is 5.55. The summed E-state index contributed by atoms with van der Waals surface area (Å²) in [5.74, 6) is -0.841. The van der Waals surface area contributed by atoms with Gasteiger partial charge in [-0.05, 0) is 19.1 Å². The highest BCUT2D eigenvalue weighted by Gasteiger charge is 2.11. The highest BCUT2D eigenvalue weighted by atomic mass is 16.5. The molecule has 0 saturated carbocycles. The number of phenolic OH excluding ortho intramolecular Hbond substituents is 2. The van der Waals surface area contributed by atoms with E-state index in [-0.39, 0.29) is 17.1 Å². The second kappa shape index (κ2) is 5.90. The summed E-state index contributed by atoms with van der Waals surface area (Å²) in [6.07, 6.45) is 0. The first-order valence-corrected chi connectivity index (χ1v) is 4.67. The maximum atomic E-state index is 11.0. The summed E-state index contributed by atoms with van der Waals surface area (Å²) in [5, 5.41) is 18.5. The standard InChI is InChI=1S/C9H10O4.C2H6/c1-5-7(10)3-6(4-8(5)11)9(12)13-2;1-2/h3-4,10-11H,1-2H3;1-2H3. The van der Waals surface area contributed by atoms with Crippen LogP contribution in [0.3, 0.4) is 0 Å². The van der Waals surface area contributed by atoms with E-state index in [1.807, 2.05) is 13.8 Å². The lowest BCUT2D eigenvalue weighted by molar-refractivity contribution is 0.0600. The van der Waals surface area contributed by atoms with E-state index in [0.717, 1.165) is 0 Å². The van der Waals surface area contributed by atoms with Gasteiger partial charge in [-0.2, -0.15) is 0 Å². The van der Waals surface area contributed by atoms with Crippen LogP contribution in [0.15, 0.2) is 12.1 Å². The Bertz CT molecular complexity index is 321. The zero-order chi connectivity index (χ0) is 12.0. The zero-order valence-electron chi connectivity index (χ0n) is 9.37. The molecule has 0 aliphatic heterocycles. The summed E-state index contributed by atoms with van der Waals surface area (Å²) in [6, 6.07) is 2.50. The van der Waals surface area contributed by atoms with Crippen molar-refractivity contribution in [3.8, 4) is 11.5 Å². The van der Waals surface area contributed by atoms with Crippen LogP contribution in [0.4, 0.5) is 0 Å². The van der Waals surface area contributed by atoms with Gasteiger partial charge in [-0.15, -0.1) is 0 Å². The molecule has 0 amide bonds. The van der Waals surface area contributed by atoms with Crippen LogP contribution in [0.2, 0.25) is 0 Å². The van der Waals surface area contributed by atoms with Gasteiger partial charge >= 0.3 is 5.97 Å². The van der Waals surface area contributed by atoms with Crippen molar-refractivity contribution >= 4 is 5.97 Å². The number of phenols is 2. The van der Waals surface area contributed by atoms with E-state index in [0.29, 0.717) is 5.56 Å². The smallest absolute Gasteiger partial charge is 0.338 e. The molecule has 2 N–H and O–H groups in total. The summed E-state index contributed by atoms with van der Waals surface area (Å²) in [5.41, 5.74) is 0.468. The number of rotatable bonds is 1. The van der Waals surface area contributed by atoms with Gasteiger partial charge in [0.15, 0.2) is 0 Å². The first-order chi connectivity index (χ1) is 7.06. The highest BCUT2D eigenvalue weighted by Crippen LogP contribution is 2.27. The molecular weight excluding hydrogens is 196 g/mol. The summed E-state index contributed by atoms with van der Waals surface area (Å²) >= 11 is 0. The molecule has 0 fully saturated rings. The normalized spacial score (nSPS) is 8.80. The molecule has 0 unspecified atom stereocenters. The fourth-order valence-corrected chi connectivity index (χ4v) is 0.920. The van der Waals surface area contributed by atoms with Crippen LogP contribution < -0.4 is 0 Å². The van der Waals surface area contributed by atoms with Crippen LogP contribution in [0, 0.1) is 6.92 Å². The lowest BCUT2D eigenvalue weighted by Crippen LogP contribution is -2.00. The molecule has 1 rings (SSSR count). The van der Waals surface area contributed by atoms with Gasteiger partial charge in [0.2, 0.25) is 0 Å². The quantitative estimate of drug-likeness (QED) is 0.700. The van der Waals surface area contributed by atoms with E-state index in [1.54, 1.807) is 6.92 Å². The predicted molar refractivity (Wildman–Crippen MR) is 57.2 cm³/mol. The van der Waals surface area contributed by atoms with E-state index in [1.165, 1.54) is 19.2 Å². The number of hydrogen-bond donors (Lipinski definition) is 2. The minimum Gasteiger partial charge on any atom is -0.508 e. The van der Waals surface area contributed by atoms with Crippen LogP contribution in [0.5, 0.6) is 11.5 Å². The monoisotopic (exact) mass is 212 g/mol. The van der Waals surface area contributed by atoms with Crippen LogP contribution in [0.25, 0.3) is 0 Å². The lowest BCUT2D eigenvalue weighted by Gasteiger charge is -2.04. The number of esters is 1. The Hall–Kier alpha value is -1.71. The number of methoxy groups -OCH3 is 1. The third kappa shape index (κ3) is 3.16. The van der Waals surface area contributed by atoms with Crippen LogP contribution in [-0.4, -0.2) is 23.3 Å². The third-order valence-corrected chi connectivity index (χ3v) is 1.77. The van der Waals surface area contributed by atoms with Gasteiger partial charge in [0.1, 0.15) is 11.5 Å². The van der Waals surface area contributed by atoms with Crippen LogP contribution in [-0.2, 0) is 4.74 Å². The number of ether oxygens (including phenoxy) is 1. The average Bonchev–Trinajstić information content (AvgIpc) is 2.26. The van der Waals surface area contributed by atoms with E-state index in [2.05, 4.69) is 4.74 Å². The van der Waals surface area contributed by atoms with Gasteiger partial charge in [0, 0.05) is 5.56 Å². The fraction of sp³-hybridized carbons (Fsp3) is 0.364. The maximum absolute atomic E-state index is 11.0. The molecule has 1 aromatic rings. The Balaban J connectivity index is 0.000000921. The molecule has 0 spiro atoms. The van der Waals surface area contributed by atoms with Crippen molar-refractivity contribution in [2.75, 3.05) is 7.11 Å². The van der Waals surface area contributed by atoms with Crippen molar-refractivity contribution in [1.29, 1.82) is 0 Å². The van der Waals surface area contributed by atoms with Gasteiger partial charge in [-0.25, -0.2) is 4.79 Å². The molecule has 0 atom stereocenters. The molecule has 0 aliphatic rings. The Morgan fingerprint density at radius 2 is 1.60 bits per heavy atom. The summed E-state index contributed by atoms with van der Waals surface area (Å²) in [7, 11) is 1.23. The summed E-state index contributed by atoms with van der Waals surface area (Å²) in [4.78, 5) is 11.0. The van der Waals surface area contributed by atoms with Gasteiger partial charge in [0.25, 0.3) is 0 Å². The Morgan fingerprint density at radius 3 is 1.93 bits per heavy atom. The predicted octanol–water partition coefficient (Wildman–Crippen LogP) is 2.22. The first-order valence-electron chi connectivity index (χ1n) is 4.67. The maximum Gasteiger partial charge on any atom is 0.338 e. The molecule has 15 heavy (non-hydrogen) atoms. The minimum absolute atomic E-state index is 0.125. The summed E-state index contributed by atoms with van der Waals surface area (Å²) < 4.78 is 4.42. The van der Waals surface area contributed by atoms with Crippen molar-refractivity contribution in [3.63, 3.8) is 0 Å². The molecule has 0 radical (unpaired) electrons. The van der Waals surface area contributed by atoms with Crippen molar-refractivity contribution < 1.29 is 19.7 Å². The first kappa shape index (κ1) is 13.3. The molecule has 0 saturated heterocycles. The minimum atomic E-state index is -0.592. The molecule has 0 aliphatic carbocycles. The largest absolute Gasteiger partial charge is 0.508 e. The second-order valence-corrected chi connectivity index (χ2v) is 2.63. The Labute approximate surface area is 89.1 Å². The molecule has 4 nitrogen and oxygen atoms in total. The number of hydrogen-bond acceptors (Lipinski definition) is 4. The van der Waals surface area contributed by atoms with Crippen LogP contribution in [0.1, 0.15) is 29.8 Å². The number of benzene rings is 1. The van der Waals surface area contributed by atoms with Crippen molar-refractivity contribution in [3.05, 3.63) is 23.3 Å². The molecule has 1 aromatic carbocycles. The van der Waals surface area contributed by atoms with E-state index in [4.69, 9.17) is 0 Å². The zero-order valence-corrected chi connectivity index (χ0v) is 9.37. The number of carbonyl (C=O) groups excluding carboxylic acids is 1. The van der Waals surface area contributed by atoms with Crippen molar-refractivity contribution in [1.82, 2.24) is 0 Å². The van der Waals surface area contributed by atoms with Crippen molar-refractivity contribution in [2.24, 2.45) is 0 Å². The molecule has 0 heterocycles. The Kier molecular flexibility index (Phi) is 5.23. The highest BCUT2D eigenvalue weighted by molar-refractivity contribution is 5.90. The van der Waals surface area contributed by atoms with E-state index >= 15 is 0 Å². The van der Waals surface area contributed by atoms with Crippen molar-refractivity contribution in [2.45, 2.75) is 20.8 Å². The second-order valence-electron chi connectivity index (χ2n) is 2.63. The van der Waals surface area contributed by atoms with E-state index < -0.39 is 5.97 Å². The van der Waals surface area contributed by atoms with Gasteiger partial charge in [0.05, 0.1) is 12.7 Å². The van der Waals surface area contributed by atoms with Gasteiger partial charge in [-0.3, -0.25) is 0 Å². The topological polar surface area (TPSA) is 66.8 Å². The molecule has 0 bridgehead atoms. The molecule has 84 valence electrons. The molecule has 0 aromatic heterocycles. The third-order valence-electron chi connectivity index (χ3n) is 1.77. The fourth-order valence-electron chi connectivity index (χ4n) is 0.920. The number of aromatic hydroxyl groups is 2. The van der Waals surface area contributed by atoms with Gasteiger partial charge in [-0.1, -0.05) is 13.8 Å². The Morgan fingerprint density at radius 1 is 1.20 bits per heavy atom. The number of carbonyl (C=O) groups is 1. The molecular formula is C11H16O4. The average molecular weight is 212 g/mol. The lowest BCUT2D eigenvalue weighted by atomic mass is 10.1.